The van der Waals surface area contributed by atoms with E-state index in [9.17, 15) is 13.2 Å². The largest absolute Gasteiger partial charge is 0.349 e. The third kappa shape index (κ3) is 5.64. The molecule has 1 atom stereocenters. The van der Waals surface area contributed by atoms with Crippen LogP contribution in [-0.2, 0) is 15.9 Å². The van der Waals surface area contributed by atoms with Gasteiger partial charge in [-0.15, -0.1) is 0 Å². The Labute approximate surface area is 172 Å². The smallest absolute Gasteiger partial charge is 0.166 e. The van der Waals surface area contributed by atoms with Crippen molar-refractivity contribution in [3.05, 3.63) is 41.0 Å². The fourth-order valence-corrected chi connectivity index (χ4v) is 4.44. The van der Waals surface area contributed by atoms with Crippen molar-refractivity contribution in [3.8, 4) is 0 Å². The van der Waals surface area contributed by atoms with Gasteiger partial charge in [-0.25, -0.2) is 13.2 Å². The number of hydrogen-bond donors (Lipinski definition) is 0. The Morgan fingerprint density at radius 1 is 1.03 bits per heavy atom. The molecule has 0 saturated carbocycles. The summed E-state index contributed by atoms with van der Waals surface area (Å²) in [4.78, 5) is 0. The Morgan fingerprint density at radius 2 is 1.79 bits per heavy atom. The fraction of sp³-hybridized carbons (Fsp3) is 0.667. The van der Waals surface area contributed by atoms with Crippen molar-refractivity contribution in [1.29, 1.82) is 0 Å². The zero-order valence-electron chi connectivity index (χ0n) is 17.6. The normalized spacial score (nSPS) is 27.7. The molecular formula is C24H33F3O2. The van der Waals surface area contributed by atoms with Gasteiger partial charge < -0.3 is 9.47 Å². The van der Waals surface area contributed by atoms with Crippen molar-refractivity contribution in [1.82, 2.24) is 0 Å². The highest BCUT2D eigenvalue weighted by Gasteiger charge is 2.36. The first-order valence-electron chi connectivity index (χ1n) is 11.0. The summed E-state index contributed by atoms with van der Waals surface area (Å²) in [6.07, 6.45) is 8.40. The lowest BCUT2D eigenvalue weighted by Crippen LogP contribution is -2.44. The average molecular weight is 411 g/mol. The molecule has 1 aromatic rings. The molecule has 0 aromatic heterocycles. The van der Waals surface area contributed by atoms with Crippen molar-refractivity contribution < 1.29 is 22.6 Å². The van der Waals surface area contributed by atoms with Crippen LogP contribution in [0.5, 0.6) is 0 Å². The van der Waals surface area contributed by atoms with Gasteiger partial charge in [-0.3, -0.25) is 0 Å². The molecule has 1 unspecified atom stereocenters. The van der Waals surface area contributed by atoms with Crippen molar-refractivity contribution in [3.63, 3.8) is 0 Å². The monoisotopic (exact) mass is 410 g/mol. The maximum Gasteiger partial charge on any atom is 0.166 e. The van der Waals surface area contributed by atoms with Gasteiger partial charge in [0.05, 0.1) is 13.2 Å². The molecule has 3 rings (SSSR count). The van der Waals surface area contributed by atoms with Crippen LogP contribution in [0.1, 0.15) is 76.3 Å². The molecule has 162 valence electrons. The van der Waals surface area contributed by atoms with Gasteiger partial charge in [0.25, 0.3) is 0 Å². The Balaban J connectivity index is 1.58. The number of benzene rings is 1. The van der Waals surface area contributed by atoms with E-state index >= 15 is 0 Å². The van der Waals surface area contributed by atoms with Gasteiger partial charge in [-0.1, -0.05) is 51.3 Å². The second-order valence-corrected chi connectivity index (χ2v) is 8.55. The number of halogens is 3. The predicted molar refractivity (Wildman–Crippen MR) is 109 cm³/mol. The van der Waals surface area contributed by atoms with Gasteiger partial charge in [0, 0.05) is 12.0 Å². The molecule has 1 saturated heterocycles. The van der Waals surface area contributed by atoms with E-state index in [1.165, 1.54) is 6.42 Å². The van der Waals surface area contributed by atoms with E-state index < -0.39 is 23.6 Å². The summed E-state index contributed by atoms with van der Waals surface area (Å²) in [5.74, 6) is -0.897. The third-order valence-corrected chi connectivity index (χ3v) is 6.13. The zero-order chi connectivity index (χ0) is 20.9. The second kappa shape index (κ2) is 10.1. The van der Waals surface area contributed by atoms with E-state index in [1.807, 2.05) is 6.92 Å². The number of allylic oxidation sites excluding steroid dienone is 2. The highest BCUT2D eigenvalue weighted by atomic mass is 19.2. The second-order valence-electron chi connectivity index (χ2n) is 8.55. The Kier molecular flexibility index (Phi) is 7.80. The molecule has 1 aliphatic carbocycles. The number of hydrogen-bond acceptors (Lipinski definition) is 2. The summed E-state index contributed by atoms with van der Waals surface area (Å²) in [6.45, 7) is 4.08. The lowest BCUT2D eigenvalue weighted by atomic mass is 9.84. The molecule has 1 aromatic carbocycles. The first-order chi connectivity index (χ1) is 14.0. The molecule has 5 heteroatoms. The lowest BCUT2D eigenvalue weighted by Gasteiger charge is -2.34. The third-order valence-electron chi connectivity index (χ3n) is 6.13. The van der Waals surface area contributed by atoms with Gasteiger partial charge in [-0.05, 0) is 49.2 Å². The van der Waals surface area contributed by atoms with E-state index in [4.69, 9.17) is 9.47 Å². The number of aryl methyl sites for hydroxylation is 1. The Hall–Kier alpha value is -1.33. The molecule has 0 bridgehead atoms. The molecular weight excluding hydrogens is 377 g/mol. The van der Waals surface area contributed by atoms with Crippen LogP contribution in [0.15, 0.2) is 18.2 Å². The first-order valence-corrected chi connectivity index (χ1v) is 11.0. The van der Waals surface area contributed by atoms with E-state index in [1.54, 1.807) is 12.1 Å². The van der Waals surface area contributed by atoms with Crippen LogP contribution in [-0.4, -0.2) is 25.2 Å². The molecule has 0 spiro atoms. The minimum atomic E-state index is -1.44. The topological polar surface area (TPSA) is 18.5 Å². The summed E-state index contributed by atoms with van der Waals surface area (Å²) in [7, 11) is 0. The van der Waals surface area contributed by atoms with Crippen molar-refractivity contribution in [2.45, 2.75) is 83.6 Å². The number of alkyl halides is 1. The molecule has 1 aliphatic heterocycles. The zero-order valence-corrected chi connectivity index (χ0v) is 17.6. The van der Waals surface area contributed by atoms with Gasteiger partial charge in [0.1, 0.15) is 0 Å². The minimum Gasteiger partial charge on any atom is -0.349 e. The summed E-state index contributed by atoms with van der Waals surface area (Å²) in [5.41, 5.74) is 0.167. The minimum absolute atomic E-state index is 0.00549. The lowest BCUT2D eigenvalue weighted by molar-refractivity contribution is -0.236. The van der Waals surface area contributed by atoms with Gasteiger partial charge in [0.2, 0.25) is 0 Å². The van der Waals surface area contributed by atoms with Crippen molar-refractivity contribution >= 4 is 5.57 Å². The van der Waals surface area contributed by atoms with Gasteiger partial charge >= 0.3 is 0 Å². The van der Waals surface area contributed by atoms with E-state index in [-0.39, 0.29) is 13.2 Å². The van der Waals surface area contributed by atoms with Gasteiger partial charge in [-0.2, -0.15) is 0 Å². The summed E-state index contributed by atoms with van der Waals surface area (Å²) >= 11 is 0. The maximum atomic E-state index is 14.7. The Bertz CT molecular complexity index is 708. The number of ether oxygens (including phenoxy) is 2. The maximum absolute atomic E-state index is 14.7. The molecule has 2 nitrogen and oxygen atoms in total. The van der Waals surface area contributed by atoms with E-state index in [0.717, 1.165) is 37.7 Å². The van der Waals surface area contributed by atoms with Crippen molar-refractivity contribution in [2.75, 3.05) is 13.2 Å². The van der Waals surface area contributed by atoms with Crippen LogP contribution < -0.4 is 0 Å². The molecule has 1 heterocycles. The standard InChI is InChI=1S/C24H33F3O2/c1-3-5-17-6-8-18(9-7-17)20-12-10-19(22(25)23(20)26)11-13-21-28-15-24(27,14-4-2)16-29-21/h8,10,12,17,21H,3-7,9,11,13-16H2,1-2H3. The summed E-state index contributed by atoms with van der Waals surface area (Å²) in [6, 6.07) is 3.35. The molecule has 1 fully saturated rings. The van der Waals surface area contributed by atoms with Gasteiger partial charge in [0.15, 0.2) is 23.6 Å². The first kappa shape index (κ1) is 22.4. The Morgan fingerprint density at radius 3 is 2.41 bits per heavy atom. The van der Waals surface area contributed by atoms with Crippen LogP contribution >= 0.6 is 0 Å². The van der Waals surface area contributed by atoms with Crippen molar-refractivity contribution in [2.24, 2.45) is 5.92 Å². The quantitative estimate of drug-likeness (QED) is 0.471. The van der Waals surface area contributed by atoms with Crippen LogP contribution in [0.2, 0.25) is 0 Å². The van der Waals surface area contributed by atoms with Crippen LogP contribution in [0.4, 0.5) is 13.2 Å². The van der Waals surface area contributed by atoms with Crippen LogP contribution in [0.3, 0.4) is 0 Å². The fourth-order valence-electron chi connectivity index (χ4n) is 4.44. The molecule has 2 aliphatic rings. The van der Waals surface area contributed by atoms with E-state index in [2.05, 4.69) is 13.0 Å². The summed E-state index contributed by atoms with van der Waals surface area (Å²) in [5, 5.41) is 0. The van der Waals surface area contributed by atoms with E-state index in [0.29, 0.717) is 36.3 Å². The number of rotatable bonds is 8. The molecule has 0 radical (unpaired) electrons. The average Bonchev–Trinajstić information content (AvgIpc) is 2.72. The molecule has 0 N–H and O–H groups in total. The van der Waals surface area contributed by atoms with Crippen LogP contribution in [0.25, 0.3) is 5.57 Å². The highest BCUT2D eigenvalue weighted by Crippen LogP contribution is 2.35. The molecule has 29 heavy (non-hydrogen) atoms. The molecule has 0 amide bonds. The predicted octanol–water partition coefficient (Wildman–Crippen LogP) is 6.76. The van der Waals surface area contributed by atoms with Crippen LogP contribution in [0, 0.1) is 17.6 Å². The summed E-state index contributed by atoms with van der Waals surface area (Å²) < 4.78 is 54.6. The SMILES string of the molecule is CCCC1CC=C(c2ccc(CCC3OCC(F)(CCC)CO3)c(F)c2F)CC1. The highest BCUT2D eigenvalue weighted by molar-refractivity contribution is 5.67.